The average molecular weight is 420 g/mol. The van der Waals surface area contributed by atoms with E-state index in [1.165, 1.54) is 12.2 Å². The number of fused-ring (bicyclic) bond motifs is 4. The van der Waals surface area contributed by atoms with Gasteiger partial charge in [0, 0.05) is 40.7 Å². The minimum absolute atomic E-state index is 0.00247. The molecule has 1 N–H and O–H groups in total. The first-order valence-electron chi connectivity index (χ1n) is 9.92. The number of carbonyl (C=O) groups excluding carboxylic acids is 1. The van der Waals surface area contributed by atoms with Crippen LogP contribution >= 0.6 is 12.2 Å². The molecule has 3 aromatic rings. The summed E-state index contributed by atoms with van der Waals surface area (Å²) in [5.74, 6) is 0.722. The second kappa shape index (κ2) is 7.17. The number of rotatable bonds is 3. The highest BCUT2D eigenvalue weighted by molar-refractivity contribution is 7.92. The molecule has 2 heterocycles. The molecular weight excluding hydrogens is 398 g/mol. The Balaban J connectivity index is 1.53. The van der Waals surface area contributed by atoms with Gasteiger partial charge in [0.2, 0.25) is 0 Å². The highest BCUT2D eigenvalue weighted by Crippen LogP contribution is 2.45. The molecule has 1 saturated heterocycles. The zero-order chi connectivity index (χ0) is 20.9. The van der Waals surface area contributed by atoms with Crippen molar-refractivity contribution in [3.63, 3.8) is 0 Å². The van der Waals surface area contributed by atoms with Crippen molar-refractivity contribution in [1.82, 2.24) is 9.29 Å². The SMILES string of the molecule is CC1(C)c2cc(OSN3CCOCC3)ccc2C(=O)c2c1[nH]c1cc(C#N)ccc21. The summed E-state index contributed by atoms with van der Waals surface area (Å²) in [6.45, 7) is 7.27. The number of ether oxygens (including phenoxy) is 1. The van der Waals surface area contributed by atoms with Crippen LogP contribution in [0, 0.1) is 11.3 Å². The summed E-state index contributed by atoms with van der Waals surface area (Å²) < 4.78 is 13.4. The number of nitriles is 1. The van der Waals surface area contributed by atoms with Gasteiger partial charge >= 0.3 is 0 Å². The Kier molecular flexibility index (Phi) is 4.58. The summed E-state index contributed by atoms with van der Waals surface area (Å²) in [7, 11) is 0. The molecule has 0 radical (unpaired) electrons. The zero-order valence-electron chi connectivity index (χ0n) is 16.8. The molecule has 1 aliphatic heterocycles. The molecule has 6 nitrogen and oxygen atoms in total. The van der Waals surface area contributed by atoms with Gasteiger partial charge in [-0.15, -0.1) is 0 Å². The molecule has 0 spiro atoms. The van der Waals surface area contributed by atoms with Gasteiger partial charge in [-0.25, -0.2) is 4.31 Å². The van der Waals surface area contributed by atoms with Gasteiger partial charge in [-0.05, 0) is 35.9 Å². The van der Waals surface area contributed by atoms with Gasteiger partial charge in [-0.1, -0.05) is 19.9 Å². The van der Waals surface area contributed by atoms with Crippen LogP contribution in [-0.4, -0.2) is 41.4 Å². The fourth-order valence-corrected chi connectivity index (χ4v) is 4.84. The Morgan fingerprint density at radius 2 is 2.00 bits per heavy atom. The molecule has 5 rings (SSSR count). The zero-order valence-corrected chi connectivity index (χ0v) is 17.6. The number of aromatic amines is 1. The van der Waals surface area contributed by atoms with Gasteiger partial charge in [0.05, 0.1) is 30.4 Å². The number of carbonyl (C=O) groups is 1. The largest absolute Gasteiger partial charge is 0.409 e. The Morgan fingerprint density at radius 1 is 1.20 bits per heavy atom. The summed E-state index contributed by atoms with van der Waals surface area (Å²) in [5, 5.41) is 10.1. The van der Waals surface area contributed by atoms with E-state index in [1.807, 2.05) is 24.3 Å². The fourth-order valence-electron chi connectivity index (χ4n) is 4.25. The predicted molar refractivity (Wildman–Crippen MR) is 116 cm³/mol. The highest BCUT2D eigenvalue weighted by atomic mass is 32.2. The van der Waals surface area contributed by atoms with Crippen molar-refractivity contribution in [3.8, 4) is 11.8 Å². The summed E-state index contributed by atoms with van der Waals surface area (Å²) >= 11 is 1.33. The second-order valence-corrected chi connectivity index (χ2v) is 8.94. The Morgan fingerprint density at radius 3 is 2.77 bits per heavy atom. The van der Waals surface area contributed by atoms with Crippen molar-refractivity contribution in [2.24, 2.45) is 0 Å². The molecule has 0 atom stereocenters. The number of nitrogens with one attached hydrogen (secondary N) is 1. The summed E-state index contributed by atoms with van der Waals surface area (Å²) in [5.41, 5.74) is 4.18. The van der Waals surface area contributed by atoms with Gasteiger partial charge in [0.15, 0.2) is 5.78 Å². The van der Waals surface area contributed by atoms with Crippen LogP contribution in [0.25, 0.3) is 10.9 Å². The van der Waals surface area contributed by atoms with E-state index in [-0.39, 0.29) is 5.78 Å². The third-order valence-corrected chi connectivity index (χ3v) is 6.74. The van der Waals surface area contributed by atoms with E-state index < -0.39 is 5.41 Å². The van der Waals surface area contributed by atoms with Crippen molar-refractivity contribution in [3.05, 3.63) is 64.3 Å². The van der Waals surface area contributed by atoms with Crippen molar-refractivity contribution in [2.75, 3.05) is 26.3 Å². The smallest absolute Gasteiger partial charge is 0.195 e. The first kappa shape index (κ1) is 19.2. The van der Waals surface area contributed by atoms with Crippen LogP contribution in [0.2, 0.25) is 0 Å². The number of hydrogen-bond donors (Lipinski definition) is 1. The normalized spacial score (nSPS) is 18.0. The summed E-state index contributed by atoms with van der Waals surface area (Å²) in [6, 6.07) is 13.3. The topological polar surface area (TPSA) is 78.3 Å². The maximum absolute atomic E-state index is 13.4. The maximum atomic E-state index is 13.4. The van der Waals surface area contributed by atoms with Crippen molar-refractivity contribution >= 4 is 28.9 Å². The second-order valence-electron chi connectivity index (χ2n) is 8.11. The number of benzene rings is 2. The van der Waals surface area contributed by atoms with E-state index in [1.54, 1.807) is 12.1 Å². The van der Waals surface area contributed by atoms with Gasteiger partial charge in [-0.2, -0.15) is 5.26 Å². The van der Waals surface area contributed by atoms with E-state index in [0.29, 0.717) is 29.9 Å². The number of ketones is 1. The number of nitrogens with zero attached hydrogens (tertiary/aromatic N) is 2. The van der Waals surface area contributed by atoms with E-state index in [2.05, 4.69) is 29.2 Å². The van der Waals surface area contributed by atoms with Gasteiger partial charge < -0.3 is 13.9 Å². The quantitative estimate of drug-likeness (QED) is 0.507. The number of morpholine rings is 1. The maximum Gasteiger partial charge on any atom is 0.195 e. The molecule has 0 saturated carbocycles. The van der Waals surface area contributed by atoms with Gasteiger partial charge in [-0.3, -0.25) is 4.79 Å². The monoisotopic (exact) mass is 419 g/mol. The van der Waals surface area contributed by atoms with Crippen LogP contribution in [0.3, 0.4) is 0 Å². The van der Waals surface area contributed by atoms with Crippen LogP contribution in [0.1, 0.15) is 46.6 Å². The predicted octanol–water partition coefficient (Wildman–Crippen LogP) is 4.18. The molecule has 2 aliphatic rings. The van der Waals surface area contributed by atoms with Crippen LogP contribution < -0.4 is 4.18 Å². The first-order valence-corrected chi connectivity index (χ1v) is 10.6. The molecule has 0 bridgehead atoms. The van der Waals surface area contributed by atoms with Crippen molar-refractivity contribution in [1.29, 1.82) is 5.26 Å². The van der Waals surface area contributed by atoms with Crippen molar-refractivity contribution < 1.29 is 13.7 Å². The lowest BCUT2D eigenvalue weighted by atomic mass is 9.71. The molecule has 1 aliphatic carbocycles. The van der Waals surface area contributed by atoms with Crippen LogP contribution in [0.4, 0.5) is 0 Å². The number of H-pyrrole nitrogens is 1. The Bertz CT molecular complexity index is 1200. The molecule has 0 unspecified atom stereocenters. The molecule has 30 heavy (non-hydrogen) atoms. The van der Waals surface area contributed by atoms with Gasteiger partial charge in [0.1, 0.15) is 18.0 Å². The first-order chi connectivity index (χ1) is 14.5. The third kappa shape index (κ3) is 3.00. The minimum Gasteiger partial charge on any atom is -0.409 e. The molecule has 1 fully saturated rings. The number of aromatic nitrogens is 1. The Labute approximate surface area is 179 Å². The van der Waals surface area contributed by atoms with Crippen LogP contribution in [0.15, 0.2) is 36.4 Å². The van der Waals surface area contributed by atoms with Crippen LogP contribution in [0.5, 0.6) is 5.75 Å². The number of hydrogen-bond acceptors (Lipinski definition) is 6. The minimum atomic E-state index is -0.409. The van der Waals surface area contributed by atoms with E-state index >= 15 is 0 Å². The standard InChI is InChI=1S/C23H21N3O3S/c1-23(2)18-12-15(29-30-26-7-9-28-10-8-26)4-6-16(18)21(27)20-17-5-3-14(13-24)11-19(17)25-22(20)23/h3-6,11-12,25H,7-10H2,1-2H3. The lowest BCUT2D eigenvalue weighted by Crippen LogP contribution is -2.32. The molecule has 0 amide bonds. The summed E-state index contributed by atoms with van der Waals surface area (Å²) in [6.07, 6.45) is 0. The molecule has 2 aromatic carbocycles. The third-order valence-electron chi connectivity index (χ3n) is 5.90. The summed E-state index contributed by atoms with van der Waals surface area (Å²) in [4.78, 5) is 16.8. The molecular formula is C23H21N3O3S. The molecule has 152 valence electrons. The fraction of sp³-hybridized carbons (Fsp3) is 0.304. The Hall–Kier alpha value is -2.79. The van der Waals surface area contributed by atoms with E-state index in [0.717, 1.165) is 41.0 Å². The van der Waals surface area contributed by atoms with Gasteiger partial charge in [0.25, 0.3) is 0 Å². The van der Waals surface area contributed by atoms with Crippen molar-refractivity contribution in [2.45, 2.75) is 19.3 Å². The highest BCUT2D eigenvalue weighted by Gasteiger charge is 2.40. The van der Waals surface area contributed by atoms with E-state index in [4.69, 9.17) is 8.92 Å². The van der Waals surface area contributed by atoms with E-state index in [9.17, 15) is 10.1 Å². The lowest BCUT2D eigenvalue weighted by molar-refractivity contribution is 0.0756. The molecule has 1 aromatic heterocycles. The lowest BCUT2D eigenvalue weighted by Gasteiger charge is -2.32. The molecule has 7 heteroatoms. The average Bonchev–Trinajstić information content (AvgIpc) is 3.17. The van der Waals surface area contributed by atoms with Crippen LogP contribution in [-0.2, 0) is 10.2 Å².